The summed E-state index contributed by atoms with van der Waals surface area (Å²) < 4.78 is 0. The van der Waals surface area contributed by atoms with Crippen molar-refractivity contribution in [1.82, 2.24) is 9.88 Å². The molecule has 0 aliphatic rings. The third kappa shape index (κ3) is 3.07. The molecule has 0 fully saturated rings. The first-order valence-electron chi connectivity index (χ1n) is 5.59. The van der Waals surface area contributed by atoms with Gasteiger partial charge < -0.3 is 9.88 Å². The van der Waals surface area contributed by atoms with E-state index in [2.05, 4.69) is 4.98 Å². The number of aromatic nitrogens is 1. The monoisotopic (exact) mass is 279 g/mol. The molecule has 1 aromatic heterocycles. The van der Waals surface area contributed by atoms with Crippen LogP contribution in [0, 0.1) is 10.1 Å². The second-order valence-electron chi connectivity index (χ2n) is 4.36. The number of nitro benzene ring substituents is 1. The molecular weight excluding hydrogens is 266 g/mol. The lowest BCUT2D eigenvalue weighted by atomic mass is 10.1. The molecular formula is C12H13N3O3S. The highest BCUT2D eigenvalue weighted by Gasteiger charge is 2.14. The summed E-state index contributed by atoms with van der Waals surface area (Å²) in [6.45, 7) is 0.613. The van der Waals surface area contributed by atoms with Gasteiger partial charge in [0.2, 0.25) is 0 Å². The van der Waals surface area contributed by atoms with Crippen LogP contribution in [0.5, 0.6) is 0 Å². The Labute approximate surface area is 113 Å². The highest BCUT2D eigenvalue weighted by molar-refractivity contribution is 7.09. The van der Waals surface area contributed by atoms with Crippen molar-refractivity contribution in [2.45, 2.75) is 6.54 Å². The maximum Gasteiger partial charge on any atom is 0.305 e. The minimum Gasteiger partial charge on any atom is -0.312 e. The first-order valence-corrected chi connectivity index (χ1v) is 6.40. The fourth-order valence-electron chi connectivity index (χ4n) is 1.77. The molecule has 1 heterocycles. The zero-order valence-corrected chi connectivity index (χ0v) is 11.4. The lowest BCUT2D eigenvalue weighted by Gasteiger charge is -2.09. The number of hydrogen-bond donors (Lipinski definition) is 1. The molecule has 19 heavy (non-hydrogen) atoms. The SMILES string of the molecule is CN(C)Cc1sc(=O)[nH]c1-c1cccc([N+](=O)[O-])c1. The maximum atomic E-state index is 11.5. The van der Waals surface area contributed by atoms with Crippen molar-refractivity contribution in [3.63, 3.8) is 0 Å². The van der Waals surface area contributed by atoms with E-state index >= 15 is 0 Å². The summed E-state index contributed by atoms with van der Waals surface area (Å²) in [4.78, 5) is 27.2. The van der Waals surface area contributed by atoms with E-state index in [4.69, 9.17) is 0 Å². The molecule has 0 aliphatic heterocycles. The molecule has 0 unspecified atom stereocenters. The molecule has 0 amide bonds. The minimum atomic E-state index is -0.445. The van der Waals surface area contributed by atoms with Gasteiger partial charge in [0, 0.05) is 29.1 Å². The molecule has 0 atom stereocenters. The van der Waals surface area contributed by atoms with Crippen molar-refractivity contribution in [3.05, 3.63) is 48.9 Å². The highest BCUT2D eigenvalue weighted by Crippen LogP contribution is 2.27. The number of rotatable bonds is 4. The highest BCUT2D eigenvalue weighted by atomic mass is 32.1. The molecule has 0 bridgehead atoms. The largest absolute Gasteiger partial charge is 0.312 e. The standard InChI is InChI=1S/C12H13N3O3S/c1-14(2)7-10-11(13-12(16)19-10)8-4-3-5-9(6-8)15(17)18/h3-6H,7H2,1-2H3,(H,13,16). The van der Waals surface area contributed by atoms with Crippen molar-refractivity contribution in [1.29, 1.82) is 0 Å². The number of nitro groups is 1. The number of benzene rings is 1. The first-order chi connectivity index (χ1) is 8.97. The van der Waals surface area contributed by atoms with Crippen LogP contribution in [0.2, 0.25) is 0 Å². The molecule has 0 saturated carbocycles. The molecule has 0 spiro atoms. The Morgan fingerprint density at radius 2 is 2.16 bits per heavy atom. The van der Waals surface area contributed by atoms with E-state index in [0.29, 0.717) is 17.8 Å². The van der Waals surface area contributed by atoms with Crippen molar-refractivity contribution in [2.75, 3.05) is 14.1 Å². The topological polar surface area (TPSA) is 79.2 Å². The number of nitrogens with one attached hydrogen (secondary N) is 1. The molecule has 0 radical (unpaired) electrons. The van der Waals surface area contributed by atoms with E-state index < -0.39 is 4.92 Å². The summed E-state index contributed by atoms with van der Waals surface area (Å²) in [6, 6.07) is 6.27. The first kappa shape index (κ1) is 13.4. The van der Waals surface area contributed by atoms with Gasteiger partial charge in [0.25, 0.3) is 5.69 Å². The lowest BCUT2D eigenvalue weighted by Crippen LogP contribution is -2.10. The Kier molecular flexibility index (Phi) is 3.77. The predicted molar refractivity (Wildman–Crippen MR) is 74.4 cm³/mol. The van der Waals surface area contributed by atoms with Gasteiger partial charge in [-0.3, -0.25) is 14.9 Å². The Hall–Kier alpha value is -1.99. The van der Waals surface area contributed by atoms with E-state index in [-0.39, 0.29) is 10.6 Å². The fraction of sp³-hybridized carbons (Fsp3) is 0.250. The van der Waals surface area contributed by atoms with E-state index in [1.807, 2.05) is 19.0 Å². The van der Waals surface area contributed by atoms with Crippen LogP contribution in [0.1, 0.15) is 4.88 Å². The number of nitrogens with zero attached hydrogens (tertiary/aromatic N) is 2. The van der Waals surface area contributed by atoms with E-state index in [9.17, 15) is 14.9 Å². The average Bonchev–Trinajstić information content (AvgIpc) is 2.69. The summed E-state index contributed by atoms with van der Waals surface area (Å²) in [5, 5.41) is 10.8. The molecule has 1 aromatic carbocycles. The van der Waals surface area contributed by atoms with Crippen molar-refractivity contribution >= 4 is 17.0 Å². The van der Waals surface area contributed by atoms with Gasteiger partial charge in [0.15, 0.2) is 0 Å². The molecule has 0 aliphatic carbocycles. The Morgan fingerprint density at radius 3 is 2.79 bits per heavy atom. The summed E-state index contributed by atoms with van der Waals surface area (Å²) in [5.74, 6) is 0. The van der Waals surface area contributed by atoms with E-state index in [1.165, 1.54) is 12.1 Å². The fourth-order valence-corrected chi connectivity index (χ4v) is 2.74. The summed E-state index contributed by atoms with van der Waals surface area (Å²) in [6.07, 6.45) is 0. The zero-order chi connectivity index (χ0) is 14.0. The van der Waals surface area contributed by atoms with Gasteiger partial charge in [0.05, 0.1) is 10.6 Å². The van der Waals surface area contributed by atoms with Gasteiger partial charge in [-0.05, 0) is 14.1 Å². The molecule has 2 aromatic rings. The average molecular weight is 279 g/mol. The van der Waals surface area contributed by atoms with Crippen LogP contribution >= 0.6 is 11.3 Å². The van der Waals surface area contributed by atoms with E-state index in [0.717, 1.165) is 16.2 Å². The van der Waals surface area contributed by atoms with Crippen LogP contribution < -0.4 is 4.87 Å². The Balaban J connectivity index is 2.49. The third-order valence-electron chi connectivity index (χ3n) is 2.53. The maximum absolute atomic E-state index is 11.5. The second-order valence-corrected chi connectivity index (χ2v) is 5.43. The molecule has 7 heteroatoms. The van der Waals surface area contributed by atoms with Crippen LogP contribution in [0.15, 0.2) is 29.1 Å². The zero-order valence-electron chi connectivity index (χ0n) is 10.5. The normalized spacial score (nSPS) is 10.9. The van der Waals surface area contributed by atoms with Crippen LogP contribution in [-0.2, 0) is 6.54 Å². The summed E-state index contributed by atoms with van der Waals surface area (Å²) >= 11 is 1.13. The van der Waals surface area contributed by atoms with E-state index in [1.54, 1.807) is 12.1 Å². The van der Waals surface area contributed by atoms with Crippen LogP contribution in [0.3, 0.4) is 0 Å². The summed E-state index contributed by atoms with van der Waals surface area (Å²) in [5.41, 5.74) is 1.33. The Morgan fingerprint density at radius 1 is 1.42 bits per heavy atom. The number of hydrogen-bond acceptors (Lipinski definition) is 5. The van der Waals surface area contributed by atoms with Crippen molar-refractivity contribution < 1.29 is 4.92 Å². The smallest absolute Gasteiger partial charge is 0.305 e. The van der Waals surface area contributed by atoms with Gasteiger partial charge in [-0.1, -0.05) is 23.5 Å². The van der Waals surface area contributed by atoms with Crippen molar-refractivity contribution in [2.24, 2.45) is 0 Å². The lowest BCUT2D eigenvalue weighted by molar-refractivity contribution is -0.384. The molecule has 1 N–H and O–H groups in total. The van der Waals surface area contributed by atoms with Gasteiger partial charge in [0.1, 0.15) is 0 Å². The molecule has 100 valence electrons. The van der Waals surface area contributed by atoms with Crippen LogP contribution in [0.25, 0.3) is 11.3 Å². The van der Waals surface area contributed by atoms with Gasteiger partial charge in [-0.25, -0.2) is 0 Å². The predicted octanol–water partition coefficient (Wildman–Crippen LogP) is 2.07. The van der Waals surface area contributed by atoms with Gasteiger partial charge >= 0.3 is 4.87 Å². The summed E-state index contributed by atoms with van der Waals surface area (Å²) in [7, 11) is 3.81. The quantitative estimate of drug-likeness (QED) is 0.686. The number of non-ortho nitro benzene ring substituents is 1. The second kappa shape index (κ2) is 5.33. The Bertz CT molecular complexity index is 660. The van der Waals surface area contributed by atoms with Gasteiger partial charge in [-0.15, -0.1) is 0 Å². The van der Waals surface area contributed by atoms with Crippen molar-refractivity contribution in [3.8, 4) is 11.3 Å². The molecule has 2 rings (SSSR count). The minimum absolute atomic E-state index is 0.0142. The third-order valence-corrected chi connectivity index (χ3v) is 3.39. The van der Waals surface area contributed by atoms with Crippen LogP contribution in [-0.4, -0.2) is 28.9 Å². The molecule has 6 nitrogen and oxygen atoms in total. The number of aromatic amines is 1. The number of H-pyrrole nitrogens is 1. The van der Waals surface area contributed by atoms with Crippen LogP contribution in [0.4, 0.5) is 5.69 Å². The molecule has 0 saturated heterocycles. The number of thiazole rings is 1. The van der Waals surface area contributed by atoms with Gasteiger partial charge in [-0.2, -0.15) is 0 Å².